The summed E-state index contributed by atoms with van der Waals surface area (Å²) in [6, 6.07) is 7.45. The van der Waals surface area contributed by atoms with E-state index in [2.05, 4.69) is 21.5 Å². The number of nitrogens with zero attached hydrogens (tertiary/aromatic N) is 2. The first-order chi connectivity index (χ1) is 23.4. The highest BCUT2D eigenvalue weighted by Gasteiger charge is 2.35. The van der Waals surface area contributed by atoms with Crippen LogP contribution in [0.2, 0.25) is 0 Å². The van der Waals surface area contributed by atoms with Gasteiger partial charge in [0.05, 0.1) is 37.0 Å². The molecule has 4 N–H and O–H groups in total. The number of benzene rings is 1. The second-order valence-electron chi connectivity index (χ2n) is 14.3. The molecule has 1 saturated carbocycles. The van der Waals surface area contributed by atoms with E-state index in [1.165, 1.54) is 11.4 Å². The minimum Gasteiger partial charge on any atom is -0.390 e. The Labute approximate surface area is 294 Å². The molecule has 1 aromatic carbocycles. The predicted octanol–water partition coefficient (Wildman–Crippen LogP) is 2.56. The Kier molecular flexibility index (Phi) is 17.5. The fourth-order valence-electron chi connectivity index (χ4n) is 6.78. The van der Waals surface area contributed by atoms with Gasteiger partial charge in [0.1, 0.15) is 12.1 Å². The average molecular weight is 705 g/mol. The number of terminal acetylenes is 1. The van der Waals surface area contributed by atoms with Crippen LogP contribution in [0.5, 0.6) is 0 Å². The molecule has 276 valence electrons. The predicted molar refractivity (Wildman–Crippen MR) is 192 cm³/mol. The molecule has 2 fully saturated rings. The largest absolute Gasteiger partial charge is 0.390 e. The van der Waals surface area contributed by atoms with Crippen LogP contribution in [0.4, 0.5) is 0 Å². The fraction of sp³-hybridized carbons (Fsp3) is 0.730. The Morgan fingerprint density at radius 1 is 1.06 bits per heavy atom. The molecule has 12 heteroatoms. The smallest absolute Gasteiger partial charge is 0.242 e. The van der Waals surface area contributed by atoms with Crippen LogP contribution in [0.1, 0.15) is 77.2 Å². The summed E-state index contributed by atoms with van der Waals surface area (Å²) in [7, 11) is -2.31. The zero-order chi connectivity index (χ0) is 35.8. The van der Waals surface area contributed by atoms with Gasteiger partial charge in [0.25, 0.3) is 0 Å². The van der Waals surface area contributed by atoms with Crippen LogP contribution in [0, 0.1) is 30.1 Å². The van der Waals surface area contributed by atoms with E-state index in [1.54, 1.807) is 0 Å². The summed E-state index contributed by atoms with van der Waals surface area (Å²) in [4.78, 5) is 30.0. The summed E-state index contributed by atoms with van der Waals surface area (Å²) < 4.78 is 33.9. The number of ether oxygens (including phenoxy) is 1. The monoisotopic (exact) mass is 704 g/mol. The van der Waals surface area contributed by atoms with Crippen LogP contribution in [0.3, 0.4) is 0 Å². The number of nitrogens with one attached hydrogen (secondary N) is 2. The number of sulfonamides is 1. The molecule has 11 nitrogen and oxygen atoms in total. The number of likely N-dealkylation sites (N-methyl/N-ethyl adjacent to an activating group) is 1. The van der Waals surface area contributed by atoms with Crippen molar-refractivity contribution in [2.24, 2.45) is 17.8 Å². The molecule has 3 rings (SSSR count). The SMILES string of the molecule is C#CCC[C@H](NC(=O)[C@H](Cc1ccccc1)CS(=O)(=O)N(C)CCN1CCOCC1)C(=O)N[C@@H](CC1CCCCC1)[C@@H](O)[C@@H](O)CC(C)C. The van der Waals surface area contributed by atoms with Crippen molar-refractivity contribution in [3.05, 3.63) is 35.9 Å². The second kappa shape index (κ2) is 21.0. The van der Waals surface area contributed by atoms with Gasteiger partial charge in [-0.2, -0.15) is 0 Å². The lowest BCUT2D eigenvalue weighted by Crippen LogP contribution is -2.56. The van der Waals surface area contributed by atoms with Crippen LogP contribution in [-0.2, 0) is 30.8 Å². The maximum Gasteiger partial charge on any atom is 0.242 e. The average Bonchev–Trinajstić information content (AvgIpc) is 3.08. The molecule has 2 amide bonds. The van der Waals surface area contributed by atoms with Crippen molar-refractivity contribution in [3.63, 3.8) is 0 Å². The van der Waals surface area contributed by atoms with Gasteiger partial charge in [-0.25, -0.2) is 12.7 Å². The molecule has 2 aliphatic rings. The van der Waals surface area contributed by atoms with E-state index in [0.29, 0.717) is 38.5 Å². The van der Waals surface area contributed by atoms with Crippen LogP contribution < -0.4 is 10.6 Å². The first-order valence-electron chi connectivity index (χ1n) is 18.1. The minimum atomic E-state index is -3.84. The molecule has 1 heterocycles. The number of carbonyl (C=O) groups excluding carboxylic acids is 2. The van der Waals surface area contributed by atoms with Gasteiger partial charge in [-0.15, -0.1) is 12.3 Å². The standard InChI is InChI=1S/C37H60N4O7S/c1-5-6-17-32(37(45)39-33(26-30-15-11-8-12-16-30)35(43)34(42)24-28(2)3)38-36(44)31(25-29-13-9-7-10-14-29)27-49(46,47)40(4)18-19-41-20-22-48-23-21-41/h1,7,9-10,13-14,28,30-35,42-43H,6,8,11-12,15-27H2,2-4H3,(H,38,44)(H,39,45)/t31-,32+,33+,34+,35-/m1/s1. The number of aliphatic hydroxyl groups excluding tert-OH is 2. The van der Waals surface area contributed by atoms with Crippen molar-refractivity contribution in [2.45, 2.75) is 102 Å². The zero-order valence-electron chi connectivity index (χ0n) is 29.8. The maximum absolute atomic E-state index is 14.0. The highest BCUT2D eigenvalue weighted by molar-refractivity contribution is 7.89. The van der Waals surface area contributed by atoms with Crippen molar-refractivity contribution in [2.75, 3.05) is 52.2 Å². The van der Waals surface area contributed by atoms with Gasteiger partial charge in [-0.1, -0.05) is 76.3 Å². The van der Waals surface area contributed by atoms with Crippen molar-refractivity contribution in [1.29, 1.82) is 0 Å². The highest BCUT2D eigenvalue weighted by atomic mass is 32.2. The van der Waals surface area contributed by atoms with E-state index in [9.17, 15) is 28.2 Å². The van der Waals surface area contributed by atoms with Crippen molar-refractivity contribution >= 4 is 21.8 Å². The van der Waals surface area contributed by atoms with E-state index in [1.807, 2.05) is 44.2 Å². The number of hydrogen-bond donors (Lipinski definition) is 4. The van der Waals surface area contributed by atoms with Gasteiger partial charge in [-0.05, 0) is 43.1 Å². The third-order valence-electron chi connectivity index (χ3n) is 9.79. The van der Waals surface area contributed by atoms with Gasteiger partial charge in [0.2, 0.25) is 21.8 Å². The molecule has 0 bridgehead atoms. The second-order valence-corrected chi connectivity index (χ2v) is 16.4. The molecule has 1 aliphatic carbocycles. The van der Waals surface area contributed by atoms with Crippen LogP contribution >= 0.6 is 0 Å². The van der Waals surface area contributed by atoms with E-state index >= 15 is 0 Å². The normalized spacial score (nSPS) is 19.5. The van der Waals surface area contributed by atoms with Gasteiger partial charge < -0.3 is 25.6 Å². The molecular weight excluding hydrogens is 644 g/mol. The summed E-state index contributed by atoms with van der Waals surface area (Å²) >= 11 is 0. The van der Waals surface area contributed by atoms with Crippen molar-refractivity contribution < 1.29 is 33.0 Å². The summed E-state index contributed by atoms with van der Waals surface area (Å²) in [5.74, 6) is 0.514. The molecule has 0 aromatic heterocycles. The number of carbonyl (C=O) groups is 2. The lowest BCUT2D eigenvalue weighted by molar-refractivity contribution is -0.132. The third kappa shape index (κ3) is 14.3. The fourth-order valence-corrected chi connectivity index (χ4v) is 8.17. The molecule has 0 unspecified atom stereocenters. The Morgan fingerprint density at radius 2 is 1.73 bits per heavy atom. The van der Waals surface area contributed by atoms with Crippen LogP contribution in [0.25, 0.3) is 0 Å². The van der Waals surface area contributed by atoms with E-state index in [-0.39, 0.29) is 31.7 Å². The van der Waals surface area contributed by atoms with E-state index in [4.69, 9.17) is 11.2 Å². The number of morpholine rings is 1. The molecule has 5 atom stereocenters. The maximum atomic E-state index is 14.0. The molecule has 1 saturated heterocycles. The van der Waals surface area contributed by atoms with Gasteiger partial charge in [0, 0.05) is 39.6 Å². The molecule has 0 radical (unpaired) electrons. The van der Waals surface area contributed by atoms with E-state index in [0.717, 1.165) is 50.8 Å². The van der Waals surface area contributed by atoms with Crippen molar-refractivity contribution in [3.8, 4) is 12.3 Å². The van der Waals surface area contributed by atoms with E-state index < -0.39 is 57.8 Å². The zero-order valence-corrected chi connectivity index (χ0v) is 30.6. The lowest BCUT2D eigenvalue weighted by Gasteiger charge is -2.34. The highest BCUT2D eigenvalue weighted by Crippen LogP contribution is 2.29. The molecule has 1 aliphatic heterocycles. The first-order valence-corrected chi connectivity index (χ1v) is 19.7. The van der Waals surface area contributed by atoms with Crippen molar-refractivity contribution in [1.82, 2.24) is 19.8 Å². The summed E-state index contributed by atoms with van der Waals surface area (Å²) in [5, 5.41) is 27.9. The van der Waals surface area contributed by atoms with Gasteiger partial charge in [-0.3, -0.25) is 14.5 Å². The first kappa shape index (κ1) is 40.9. The number of aliphatic hydroxyl groups is 2. The summed E-state index contributed by atoms with van der Waals surface area (Å²) in [6.07, 6.45) is 10.1. The molecule has 0 spiro atoms. The lowest BCUT2D eigenvalue weighted by atomic mass is 9.82. The Bertz CT molecular complexity index is 1280. The Hall–Kier alpha value is -2.53. The van der Waals surface area contributed by atoms with Gasteiger partial charge in [0.15, 0.2) is 0 Å². The number of rotatable bonds is 20. The topological polar surface area (TPSA) is 149 Å². The van der Waals surface area contributed by atoms with Gasteiger partial charge >= 0.3 is 0 Å². The minimum absolute atomic E-state index is 0.138. The summed E-state index contributed by atoms with van der Waals surface area (Å²) in [6.45, 7) is 7.47. The molecule has 1 aromatic rings. The Balaban J connectivity index is 1.78. The van der Waals surface area contributed by atoms with Crippen LogP contribution in [0.15, 0.2) is 30.3 Å². The third-order valence-corrected chi connectivity index (χ3v) is 11.7. The molecular formula is C37H60N4O7S. The van der Waals surface area contributed by atoms with Crippen LogP contribution in [-0.4, -0.2) is 116 Å². The quantitative estimate of drug-likeness (QED) is 0.152. The number of hydrogen-bond acceptors (Lipinski definition) is 8. The summed E-state index contributed by atoms with van der Waals surface area (Å²) in [5.41, 5.74) is 0.799. The number of amides is 2. The Morgan fingerprint density at radius 3 is 2.37 bits per heavy atom. The molecule has 49 heavy (non-hydrogen) atoms.